The Kier molecular flexibility index (Phi) is 15.6. The van der Waals surface area contributed by atoms with Gasteiger partial charge in [-0.3, -0.25) is 43.0 Å². The second kappa shape index (κ2) is 19.6. The Morgan fingerprint density at radius 2 is 1.65 bits per heavy atom. The van der Waals surface area contributed by atoms with E-state index in [1.807, 2.05) is 0 Å². The average molecular weight is 780 g/mol. The number of imide groups is 1. The van der Waals surface area contributed by atoms with Gasteiger partial charge in [0.15, 0.2) is 0 Å². The van der Waals surface area contributed by atoms with Crippen LogP contribution < -0.4 is 27.0 Å². The molecular formula is C33H45N7O13S. The predicted molar refractivity (Wildman–Crippen MR) is 188 cm³/mol. The van der Waals surface area contributed by atoms with Crippen LogP contribution in [-0.2, 0) is 59.8 Å². The van der Waals surface area contributed by atoms with E-state index in [0.717, 1.165) is 22.0 Å². The normalized spacial score (nSPS) is 18.1. The summed E-state index contributed by atoms with van der Waals surface area (Å²) in [5, 5.41) is 10.3. The van der Waals surface area contributed by atoms with Gasteiger partial charge in [-0.15, -0.1) is 0 Å². The van der Waals surface area contributed by atoms with Gasteiger partial charge in [0.1, 0.15) is 24.7 Å². The molecule has 21 heteroatoms. The number of esters is 1. The number of ether oxygens (including phenoxy) is 2. The average Bonchev–Trinajstić information content (AvgIpc) is 3.57. The van der Waals surface area contributed by atoms with Crippen molar-refractivity contribution in [3.05, 3.63) is 42.0 Å². The number of nitrogens with two attached hydrogens (primary N) is 1. The Morgan fingerprint density at radius 3 is 2.22 bits per heavy atom. The zero-order chi connectivity index (χ0) is 40.2. The van der Waals surface area contributed by atoms with E-state index in [9.17, 15) is 46.8 Å². The third-order valence-corrected chi connectivity index (χ3v) is 8.98. The highest BCUT2D eigenvalue weighted by molar-refractivity contribution is 7.85. The number of rotatable bonds is 20. The van der Waals surface area contributed by atoms with Gasteiger partial charge in [-0.05, 0) is 36.5 Å². The van der Waals surface area contributed by atoms with Gasteiger partial charge >= 0.3 is 12.0 Å². The molecule has 2 heterocycles. The van der Waals surface area contributed by atoms with Crippen LogP contribution in [-0.4, -0.2) is 126 Å². The minimum absolute atomic E-state index is 0.0324. The summed E-state index contributed by atoms with van der Waals surface area (Å²) in [7, 11) is -4.35. The maximum Gasteiger partial charge on any atom is 0.312 e. The van der Waals surface area contributed by atoms with Crippen molar-refractivity contribution in [1.82, 2.24) is 25.8 Å². The van der Waals surface area contributed by atoms with E-state index in [0.29, 0.717) is 11.3 Å². The van der Waals surface area contributed by atoms with Gasteiger partial charge in [-0.25, -0.2) is 4.79 Å². The van der Waals surface area contributed by atoms with Crippen molar-refractivity contribution >= 4 is 63.2 Å². The van der Waals surface area contributed by atoms with Crippen molar-refractivity contribution in [1.29, 1.82) is 0 Å². The van der Waals surface area contributed by atoms with Crippen molar-refractivity contribution in [2.45, 2.75) is 70.8 Å². The molecule has 3 rings (SSSR count). The minimum atomic E-state index is -4.35. The Balaban J connectivity index is 1.72. The monoisotopic (exact) mass is 779 g/mol. The van der Waals surface area contributed by atoms with E-state index in [2.05, 4.69) is 21.3 Å². The molecule has 7 N–H and O–H groups in total. The number of urea groups is 1. The van der Waals surface area contributed by atoms with Crippen molar-refractivity contribution < 1.29 is 60.8 Å². The van der Waals surface area contributed by atoms with Crippen molar-refractivity contribution in [2.75, 3.05) is 37.4 Å². The Bertz CT molecular complexity index is 1720. The van der Waals surface area contributed by atoms with Crippen LogP contribution in [0, 0.1) is 5.92 Å². The third kappa shape index (κ3) is 13.2. The maximum absolute atomic E-state index is 13.6. The first-order valence-electron chi connectivity index (χ1n) is 16.9. The molecule has 1 aromatic rings. The molecule has 8 amide bonds. The highest BCUT2D eigenvalue weighted by Gasteiger charge is 2.47. The van der Waals surface area contributed by atoms with Gasteiger partial charge in [0.05, 0.1) is 31.6 Å². The molecular weight excluding hydrogens is 734 g/mol. The van der Waals surface area contributed by atoms with Crippen LogP contribution in [0.15, 0.2) is 36.4 Å². The highest BCUT2D eigenvalue weighted by Crippen LogP contribution is 2.26. The van der Waals surface area contributed by atoms with Gasteiger partial charge in [0.2, 0.25) is 23.6 Å². The van der Waals surface area contributed by atoms with Crippen LogP contribution in [0.5, 0.6) is 0 Å². The molecule has 0 unspecified atom stereocenters. The van der Waals surface area contributed by atoms with E-state index in [4.69, 9.17) is 19.8 Å². The van der Waals surface area contributed by atoms with Crippen LogP contribution in [0.1, 0.15) is 45.6 Å². The van der Waals surface area contributed by atoms with Crippen molar-refractivity contribution in [3.63, 3.8) is 0 Å². The zero-order valence-electron chi connectivity index (χ0n) is 29.9. The first-order valence-corrected chi connectivity index (χ1v) is 18.5. The number of benzene rings is 1. The number of carbonyl (C=O) groups excluding carboxylic acids is 8. The van der Waals surface area contributed by atoms with Crippen molar-refractivity contribution in [3.8, 4) is 0 Å². The number of nitrogens with zero attached hydrogens (tertiary/aromatic N) is 2. The summed E-state index contributed by atoms with van der Waals surface area (Å²) in [4.78, 5) is 103. The summed E-state index contributed by atoms with van der Waals surface area (Å²) in [5.74, 6) is -6.11. The highest BCUT2D eigenvalue weighted by atomic mass is 32.2. The summed E-state index contributed by atoms with van der Waals surface area (Å²) in [6.45, 7) is 3.28. The standard InChI is InChI=1S/C33H45N7O13S/c1-19(2)29(31(46)37-24(5-4-12-35-33(34)48)30(45)36-22-8-6-21(7-9-22)17-53-20(3)41)38-26(42)16-39-23(18-52-13-14-54(49,50)51)15-25(32(39)47)40-27(43)10-11-28(40)44/h6-11,19,23-25,29H,4-5,12-18H2,1-3H3,(H,36,45)(H,37,46)(H,38,42)(H3,34,35,48)(H,49,50,51)/t23-,24-,25-,29-/m0/s1. The van der Waals surface area contributed by atoms with E-state index >= 15 is 0 Å². The molecule has 0 spiro atoms. The Hall–Kier alpha value is -5.41. The van der Waals surface area contributed by atoms with E-state index in [1.54, 1.807) is 38.1 Å². The molecule has 0 bridgehead atoms. The molecule has 2 aliphatic rings. The molecule has 0 saturated carbocycles. The Morgan fingerprint density at radius 1 is 1.00 bits per heavy atom. The quantitative estimate of drug-likeness (QED) is 0.0383. The van der Waals surface area contributed by atoms with Gasteiger partial charge in [-0.1, -0.05) is 26.0 Å². The Labute approximate surface area is 311 Å². The maximum atomic E-state index is 13.6. The van der Waals surface area contributed by atoms with E-state index in [1.165, 1.54) is 6.92 Å². The molecule has 4 atom stereocenters. The van der Waals surface area contributed by atoms with Crippen LogP contribution in [0.2, 0.25) is 0 Å². The number of nitrogens with one attached hydrogen (secondary N) is 4. The third-order valence-electron chi connectivity index (χ3n) is 8.30. The number of likely N-dealkylation sites (tertiary alicyclic amines) is 1. The van der Waals surface area contributed by atoms with Crippen LogP contribution in [0.25, 0.3) is 0 Å². The minimum Gasteiger partial charge on any atom is -0.461 e. The first-order chi connectivity index (χ1) is 25.4. The van der Waals surface area contributed by atoms with Gasteiger partial charge in [0.25, 0.3) is 21.9 Å². The predicted octanol–water partition coefficient (Wildman–Crippen LogP) is -1.44. The summed E-state index contributed by atoms with van der Waals surface area (Å²) in [6, 6.07) is 1.08. The lowest BCUT2D eigenvalue weighted by Gasteiger charge is -2.28. The van der Waals surface area contributed by atoms with Gasteiger partial charge in [-0.2, -0.15) is 8.42 Å². The topological polar surface area (TPSA) is 290 Å². The fourth-order valence-corrected chi connectivity index (χ4v) is 5.92. The fraction of sp³-hybridized carbons (Fsp3) is 0.515. The number of primary amides is 1. The summed E-state index contributed by atoms with van der Waals surface area (Å²) < 4.78 is 41.5. The lowest BCUT2D eigenvalue weighted by atomic mass is 10.0. The summed E-state index contributed by atoms with van der Waals surface area (Å²) in [5.41, 5.74) is 6.16. The number of hydrogen-bond donors (Lipinski definition) is 6. The second-order valence-electron chi connectivity index (χ2n) is 12.9. The molecule has 0 aliphatic carbocycles. The summed E-state index contributed by atoms with van der Waals surface area (Å²) in [6.07, 6.45) is 2.14. The lowest BCUT2D eigenvalue weighted by molar-refractivity contribution is -0.147. The molecule has 0 radical (unpaired) electrons. The SMILES string of the molecule is CC(=O)OCc1ccc(NC(=O)[C@H](CCCNC(N)=O)NC(=O)[C@@H](NC(=O)CN2C(=O)[C@@H](N3C(=O)C=CC3=O)C[C@H]2COCCS(=O)(=O)O)C(C)C)cc1. The van der Waals surface area contributed by atoms with Gasteiger partial charge in [0, 0.05) is 37.7 Å². The molecule has 1 saturated heterocycles. The van der Waals surface area contributed by atoms with Crippen LogP contribution in [0.3, 0.4) is 0 Å². The molecule has 0 aromatic heterocycles. The molecule has 2 aliphatic heterocycles. The largest absolute Gasteiger partial charge is 0.461 e. The summed E-state index contributed by atoms with van der Waals surface area (Å²) >= 11 is 0. The fourth-order valence-electron chi connectivity index (χ4n) is 5.60. The zero-order valence-corrected chi connectivity index (χ0v) is 30.8. The molecule has 1 aromatic carbocycles. The second-order valence-corrected chi connectivity index (χ2v) is 14.4. The lowest BCUT2D eigenvalue weighted by Crippen LogP contribution is -2.56. The number of hydrogen-bond acceptors (Lipinski definition) is 12. The molecule has 296 valence electrons. The number of amides is 8. The number of carbonyl (C=O) groups is 8. The molecule has 1 fully saturated rings. The van der Waals surface area contributed by atoms with Gasteiger partial charge < -0.3 is 41.4 Å². The number of anilines is 1. The van der Waals surface area contributed by atoms with Crippen LogP contribution in [0.4, 0.5) is 10.5 Å². The first kappa shape index (κ1) is 43.0. The molecule has 20 nitrogen and oxygen atoms in total. The molecule has 54 heavy (non-hydrogen) atoms. The van der Waals surface area contributed by atoms with Crippen molar-refractivity contribution in [2.24, 2.45) is 11.7 Å². The van der Waals surface area contributed by atoms with E-state index < -0.39 is 107 Å². The van der Waals surface area contributed by atoms with Crippen LogP contribution >= 0.6 is 0 Å². The van der Waals surface area contributed by atoms with E-state index in [-0.39, 0.29) is 39.0 Å². The smallest absolute Gasteiger partial charge is 0.312 e.